The number of nitrogens with zero attached hydrogens (tertiary/aromatic N) is 2. The van der Waals surface area contributed by atoms with E-state index in [2.05, 4.69) is 27.6 Å². The first-order chi connectivity index (χ1) is 12.6. The van der Waals surface area contributed by atoms with E-state index in [9.17, 15) is 9.18 Å². The third-order valence-electron chi connectivity index (χ3n) is 4.35. The number of alkyl halides is 1. The Balaban J connectivity index is 1.97. The van der Waals surface area contributed by atoms with Gasteiger partial charge in [0.05, 0.1) is 10.7 Å². The third kappa shape index (κ3) is 4.23. The number of carbonyl (C=O) groups excluding carboxylic acids is 1. The van der Waals surface area contributed by atoms with Crippen molar-refractivity contribution in [3.05, 3.63) is 71.3 Å². The first-order valence-corrected chi connectivity index (χ1v) is 9.80. The Morgan fingerprint density at radius 3 is 2.69 bits per heavy atom. The molecule has 1 aliphatic rings. The summed E-state index contributed by atoms with van der Waals surface area (Å²) < 4.78 is 18.5. The van der Waals surface area contributed by atoms with Crippen molar-refractivity contribution in [1.29, 1.82) is 0 Å². The molecule has 0 saturated carbocycles. The van der Waals surface area contributed by atoms with E-state index in [1.807, 2.05) is 25.3 Å². The van der Waals surface area contributed by atoms with Crippen LogP contribution in [0, 0.1) is 5.82 Å². The molecule has 1 amide bonds. The number of hydrogen-bond donors (Lipinski definition) is 0. The monoisotopic (exact) mass is 466 g/mol. The number of piperidine rings is 1. The second-order valence-corrected chi connectivity index (χ2v) is 7.45. The molecule has 1 saturated heterocycles. The summed E-state index contributed by atoms with van der Waals surface area (Å²) in [6, 6.07) is 10.4. The largest absolute Gasteiger partial charge is 0.450 e. The van der Waals surface area contributed by atoms with Crippen LogP contribution in [0.4, 0.5) is 9.18 Å². The van der Waals surface area contributed by atoms with Crippen LogP contribution >= 0.6 is 22.6 Å². The Bertz CT molecular complexity index is 793. The van der Waals surface area contributed by atoms with E-state index < -0.39 is 0 Å². The molecule has 1 aromatic heterocycles. The number of aromatic nitrogens is 1. The van der Waals surface area contributed by atoms with Gasteiger partial charge in [0, 0.05) is 24.5 Å². The Morgan fingerprint density at radius 2 is 2.08 bits per heavy atom. The quantitative estimate of drug-likeness (QED) is 0.362. The number of rotatable bonds is 3. The van der Waals surface area contributed by atoms with Crippen LogP contribution in [0.3, 0.4) is 0 Å². The molecule has 1 unspecified atom stereocenters. The summed E-state index contributed by atoms with van der Waals surface area (Å²) in [7, 11) is 0. The van der Waals surface area contributed by atoms with Crippen LogP contribution in [-0.2, 0) is 4.74 Å². The predicted octanol–water partition coefficient (Wildman–Crippen LogP) is 5.04. The summed E-state index contributed by atoms with van der Waals surface area (Å²) in [6.07, 6.45) is 4.78. The van der Waals surface area contributed by atoms with Crippen molar-refractivity contribution in [1.82, 2.24) is 9.88 Å². The fraction of sp³-hybridized carbons (Fsp3) is 0.300. The number of ether oxygens (including phenoxy) is 1. The van der Waals surface area contributed by atoms with E-state index in [4.69, 9.17) is 4.74 Å². The lowest BCUT2D eigenvalue weighted by molar-refractivity contribution is 0.102. The predicted molar refractivity (Wildman–Crippen MR) is 107 cm³/mol. The Hall–Kier alpha value is -1.96. The minimum absolute atomic E-state index is 0.0162. The van der Waals surface area contributed by atoms with Crippen LogP contribution in [0.5, 0.6) is 0 Å². The second kappa shape index (κ2) is 8.62. The van der Waals surface area contributed by atoms with E-state index in [1.54, 1.807) is 23.2 Å². The lowest BCUT2D eigenvalue weighted by atomic mass is 9.89. The van der Waals surface area contributed by atoms with Crippen LogP contribution in [0.1, 0.15) is 30.9 Å². The zero-order valence-corrected chi connectivity index (χ0v) is 16.6. The SMILES string of the molecule is CCOC(=O)N1CCC(=C(c2ccc(F)cc2)c2cccnc2)CC1I. The van der Waals surface area contributed by atoms with Gasteiger partial charge in [-0.05, 0) is 49.1 Å². The molecular weight excluding hydrogens is 446 g/mol. The number of likely N-dealkylation sites (tertiary alicyclic amines) is 1. The maximum atomic E-state index is 13.4. The van der Waals surface area contributed by atoms with E-state index in [1.165, 1.54) is 17.7 Å². The minimum atomic E-state index is -0.268. The summed E-state index contributed by atoms with van der Waals surface area (Å²) in [5, 5.41) is 0. The fourth-order valence-corrected chi connectivity index (χ4v) is 4.19. The number of pyridine rings is 1. The molecule has 1 atom stereocenters. The first kappa shape index (κ1) is 18.8. The molecule has 0 aliphatic carbocycles. The molecule has 0 radical (unpaired) electrons. The van der Waals surface area contributed by atoms with Gasteiger partial charge in [0.1, 0.15) is 5.82 Å². The summed E-state index contributed by atoms with van der Waals surface area (Å²) in [5.74, 6) is -0.256. The molecule has 1 aromatic carbocycles. The molecule has 6 heteroatoms. The van der Waals surface area contributed by atoms with Crippen molar-refractivity contribution in [3.8, 4) is 0 Å². The van der Waals surface area contributed by atoms with Crippen LogP contribution in [0.2, 0.25) is 0 Å². The molecule has 4 nitrogen and oxygen atoms in total. The van der Waals surface area contributed by atoms with E-state index in [-0.39, 0.29) is 16.0 Å². The molecule has 2 heterocycles. The van der Waals surface area contributed by atoms with Gasteiger partial charge in [0.15, 0.2) is 0 Å². The molecular formula is C20H20FIN2O2. The van der Waals surface area contributed by atoms with Gasteiger partial charge in [-0.1, -0.05) is 46.4 Å². The standard InChI is InChI=1S/C20H20FIN2O2/c1-2-26-20(25)24-11-9-15(12-18(24)22)19(16-4-3-10-23-13-16)14-5-7-17(21)8-6-14/h3-8,10,13,18H,2,9,11-12H2,1H3. The summed E-state index contributed by atoms with van der Waals surface area (Å²) in [4.78, 5) is 18.1. The van der Waals surface area contributed by atoms with Crippen LogP contribution in [0.25, 0.3) is 5.57 Å². The van der Waals surface area contributed by atoms with E-state index >= 15 is 0 Å². The van der Waals surface area contributed by atoms with Gasteiger partial charge in [-0.2, -0.15) is 0 Å². The number of amides is 1. The average molecular weight is 466 g/mol. The Kier molecular flexibility index (Phi) is 6.24. The molecule has 136 valence electrons. The maximum absolute atomic E-state index is 13.4. The summed E-state index contributed by atoms with van der Waals surface area (Å²) in [5.41, 5.74) is 4.28. The van der Waals surface area contributed by atoms with Gasteiger partial charge in [0.2, 0.25) is 0 Å². The first-order valence-electron chi connectivity index (χ1n) is 8.56. The lowest BCUT2D eigenvalue weighted by Gasteiger charge is -2.34. The molecule has 1 aliphatic heterocycles. The van der Waals surface area contributed by atoms with Gasteiger partial charge in [-0.15, -0.1) is 0 Å². The molecule has 26 heavy (non-hydrogen) atoms. The van der Waals surface area contributed by atoms with Gasteiger partial charge >= 0.3 is 6.09 Å². The van der Waals surface area contributed by atoms with Crippen LogP contribution < -0.4 is 0 Å². The van der Waals surface area contributed by atoms with Gasteiger partial charge in [-0.25, -0.2) is 9.18 Å². The van der Waals surface area contributed by atoms with E-state index in [0.29, 0.717) is 13.2 Å². The van der Waals surface area contributed by atoms with Crippen molar-refractivity contribution in [2.45, 2.75) is 23.8 Å². The Morgan fingerprint density at radius 1 is 1.31 bits per heavy atom. The van der Waals surface area contributed by atoms with Crippen molar-refractivity contribution < 1.29 is 13.9 Å². The van der Waals surface area contributed by atoms with E-state index in [0.717, 1.165) is 29.5 Å². The number of hydrogen-bond acceptors (Lipinski definition) is 3. The van der Waals surface area contributed by atoms with Crippen LogP contribution in [-0.4, -0.2) is 33.2 Å². The van der Waals surface area contributed by atoms with Crippen molar-refractivity contribution in [2.75, 3.05) is 13.2 Å². The molecule has 0 bridgehead atoms. The molecule has 1 fully saturated rings. The highest BCUT2D eigenvalue weighted by Crippen LogP contribution is 2.36. The summed E-state index contributed by atoms with van der Waals surface area (Å²) >= 11 is 2.28. The highest BCUT2D eigenvalue weighted by atomic mass is 127. The highest BCUT2D eigenvalue weighted by molar-refractivity contribution is 14.1. The molecule has 0 N–H and O–H groups in total. The minimum Gasteiger partial charge on any atom is -0.450 e. The Labute approximate surface area is 166 Å². The van der Waals surface area contributed by atoms with Gasteiger partial charge in [-0.3, -0.25) is 9.88 Å². The number of halogens is 2. The van der Waals surface area contributed by atoms with Gasteiger partial charge in [0.25, 0.3) is 0 Å². The lowest BCUT2D eigenvalue weighted by Crippen LogP contribution is -2.41. The molecule has 3 rings (SSSR count). The van der Waals surface area contributed by atoms with Gasteiger partial charge < -0.3 is 4.74 Å². The number of benzene rings is 1. The maximum Gasteiger partial charge on any atom is 0.410 e. The van der Waals surface area contributed by atoms with Crippen molar-refractivity contribution in [3.63, 3.8) is 0 Å². The fourth-order valence-electron chi connectivity index (χ4n) is 3.15. The van der Waals surface area contributed by atoms with Crippen LogP contribution in [0.15, 0.2) is 54.4 Å². The molecule has 0 spiro atoms. The number of carbonyl (C=O) groups is 1. The zero-order valence-electron chi connectivity index (χ0n) is 14.5. The summed E-state index contributed by atoms with van der Waals surface area (Å²) in [6.45, 7) is 2.79. The second-order valence-electron chi connectivity index (χ2n) is 6.01. The topological polar surface area (TPSA) is 42.4 Å². The normalized spacial score (nSPS) is 19.2. The zero-order chi connectivity index (χ0) is 18.5. The molecule has 2 aromatic rings. The smallest absolute Gasteiger partial charge is 0.410 e. The van der Waals surface area contributed by atoms with Crippen molar-refractivity contribution in [2.24, 2.45) is 0 Å². The van der Waals surface area contributed by atoms with Crippen molar-refractivity contribution >= 4 is 34.3 Å². The highest BCUT2D eigenvalue weighted by Gasteiger charge is 2.29. The average Bonchev–Trinajstić information content (AvgIpc) is 2.65. The third-order valence-corrected chi connectivity index (χ3v) is 5.46.